The number of pyridine rings is 1. The molecule has 0 radical (unpaired) electrons. The van der Waals surface area contributed by atoms with Gasteiger partial charge in [0.1, 0.15) is 5.56 Å². The predicted octanol–water partition coefficient (Wildman–Crippen LogP) is 3.78. The number of aromatic nitrogens is 2. The summed E-state index contributed by atoms with van der Waals surface area (Å²) in [5.41, 5.74) is 4.09. The number of rotatable bonds is 5. The number of H-pyrrole nitrogens is 1. The van der Waals surface area contributed by atoms with Crippen LogP contribution < -0.4 is 5.56 Å². The van der Waals surface area contributed by atoms with Crippen molar-refractivity contribution >= 4 is 16.9 Å². The van der Waals surface area contributed by atoms with Crippen molar-refractivity contribution in [3.05, 3.63) is 57.5 Å². The van der Waals surface area contributed by atoms with E-state index in [2.05, 4.69) is 39.7 Å². The van der Waals surface area contributed by atoms with E-state index in [1.54, 1.807) is 0 Å². The highest BCUT2D eigenvalue weighted by Gasteiger charge is 2.16. The number of fused-ring (bicyclic) bond motifs is 1. The third kappa shape index (κ3) is 3.72. The highest BCUT2D eigenvalue weighted by molar-refractivity contribution is 5.89. The number of carbonyl (C=O) groups is 1. The SMILES string of the molecule is CCc1cc(C(=O)O)c(=O)[nH]c1-c1ccc2c(c1)cc(CN1CCCCC1)n2C. The quantitative estimate of drug-likeness (QED) is 0.691. The van der Waals surface area contributed by atoms with E-state index in [1.165, 1.54) is 31.0 Å². The number of benzene rings is 1. The van der Waals surface area contributed by atoms with Crippen molar-refractivity contribution in [2.45, 2.75) is 39.2 Å². The molecule has 0 unspecified atom stereocenters. The van der Waals surface area contributed by atoms with Gasteiger partial charge in [-0.1, -0.05) is 19.4 Å². The van der Waals surface area contributed by atoms with Gasteiger partial charge < -0.3 is 14.7 Å². The molecule has 1 aliphatic rings. The van der Waals surface area contributed by atoms with Crippen molar-refractivity contribution in [3.8, 4) is 11.3 Å². The molecule has 4 rings (SSSR count). The van der Waals surface area contributed by atoms with Gasteiger partial charge >= 0.3 is 5.97 Å². The Labute approximate surface area is 169 Å². The molecular formula is C23H27N3O3. The molecule has 29 heavy (non-hydrogen) atoms. The van der Waals surface area contributed by atoms with Gasteiger partial charge in [0.25, 0.3) is 5.56 Å². The maximum atomic E-state index is 12.2. The smallest absolute Gasteiger partial charge is 0.341 e. The van der Waals surface area contributed by atoms with Crippen LogP contribution in [0.3, 0.4) is 0 Å². The Morgan fingerprint density at radius 2 is 1.90 bits per heavy atom. The minimum absolute atomic E-state index is 0.213. The van der Waals surface area contributed by atoms with E-state index >= 15 is 0 Å². The van der Waals surface area contributed by atoms with Gasteiger partial charge in [-0.3, -0.25) is 9.69 Å². The third-order valence-electron chi connectivity index (χ3n) is 6.00. The predicted molar refractivity (Wildman–Crippen MR) is 114 cm³/mol. The second kappa shape index (κ2) is 7.87. The van der Waals surface area contributed by atoms with Crippen LogP contribution >= 0.6 is 0 Å². The molecule has 1 saturated heterocycles. The summed E-state index contributed by atoms with van der Waals surface area (Å²) in [6, 6.07) is 9.88. The van der Waals surface area contributed by atoms with Gasteiger partial charge in [-0.05, 0) is 67.7 Å². The first kappa shape index (κ1) is 19.5. The highest BCUT2D eigenvalue weighted by Crippen LogP contribution is 2.28. The van der Waals surface area contributed by atoms with E-state index in [0.29, 0.717) is 12.1 Å². The lowest BCUT2D eigenvalue weighted by atomic mass is 10.0. The first-order chi connectivity index (χ1) is 14.0. The molecule has 0 bridgehead atoms. The van der Waals surface area contributed by atoms with Crippen molar-refractivity contribution in [1.82, 2.24) is 14.5 Å². The van der Waals surface area contributed by atoms with Crippen molar-refractivity contribution < 1.29 is 9.90 Å². The van der Waals surface area contributed by atoms with Gasteiger partial charge in [0, 0.05) is 30.2 Å². The van der Waals surface area contributed by atoms with Crippen LogP contribution in [0, 0.1) is 0 Å². The van der Waals surface area contributed by atoms with Crippen LogP contribution in [0.15, 0.2) is 35.1 Å². The molecule has 6 nitrogen and oxygen atoms in total. The number of aryl methyl sites for hydroxylation is 2. The van der Waals surface area contributed by atoms with E-state index in [1.807, 2.05) is 13.0 Å². The second-order valence-electron chi connectivity index (χ2n) is 7.88. The van der Waals surface area contributed by atoms with Crippen molar-refractivity contribution in [2.75, 3.05) is 13.1 Å². The van der Waals surface area contributed by atoms with Crippen LogP contribution in [-0.4, -0.2) is 38.6 Å². The Kier molecular flexibility index (Phi) is 5.28. The Balaban J connectivity index is 1.73. The summed E-state index contributed by atoms with van der Waals surface area (Å²) >= 11 is 0. The number of aromatic amines is 1. The summed E-state index contributed by atoms with van der Waals surface area (Å²) < 4.78 is 2.24. The number of nitrogens with one attached hydrogen (secondary N) is 1. The summed E-state index contributed by atoms with van der Waals surface area (Å²) in [4.78, 5) is 28.8. The van der Waals surface area contributed by atoms with Crippen molar-refractivity contribution in [3.63, 3.8) is 0 Å². The largest absolute Gasteiger partial charge is 0.477 e. The molecule has 0 saturated carbocycles. The zero-order valence-electron chi connectivity index (χ0n) is 17.0. The number of hydrogen-bond donors (Lipinski definition) is 2. The first-order valence-electron chi connectivity index (χ1n) is 10.3. The van der Waals surface area contributed by atoms with Crippen LogP contribution in [0.1, 0.15) is 47.8 Å². The van der Waals surface area contributed by atoms with Crippen LogP contribution in [0.25, 0.3) is 22.2 Å². The van der Waals surface area contributed by atoms with E-state index in [-0.39, 0.29) is 5.56 Å². The molecule has 152 valence electrons. The van der Waals surface area contributed by atoms with Gasteiger partial charge in [-0.15, -0.1) is 0 Å². The fraction of sp³-hybridized carbons (Fsp3) is 0.391. The number of carboxylic acid groups (broad SMARTS) is 1. The average molecular weight is 393 g/mol. The number of nitrogens with zero attached hydrogens (tertiary/aromatic N) is 2. The van der Waals surface area contributed by atoms with Crippen LogP contribution in [-0.2, 0) is 20.0 Å². The number of aromatic carboxylic acids is 1. The standard InChI is InChI=1S/C23H27N3O3/c1-3-15-13-19(23(28)29)22(27)24-21(15)16-7-8-20-17(11-16)12-18(25(20)2)14-26-9-5-4-6-10-26/h7-8,11-13H,3-6,9-10,14H2,1-2H3,(H,24,27)(H,28,29). The van der Waals surface area contributed by atoms with Gasteiger partial charge in [0.15, 0.2) is 0 Å². The molecule has 3 heterocycles. The van der Waals surface area contributed by atoms with Crippen LogP contribution in [0.4, 0.5) is 0 Å². The van der Waals surface area contributed by atoms with Gasteiger partial charge in [-0.2, -0.15) is 0 Å². The molecule has 2 aromatic heterocycles. The number of hydrogen-bond acceptors (Lipinski definition) is 3. The average Bonchev–Trinajstić information content (AvgIpc) is 3.03. The molecule has 6 heteroatoms. The fourth-order valence-electron chi connectivity index (χ4n) is 4.33. The number of carboxylic acids is 1. The summed E-state index contributed by atoms with van der Waals surface area (Å²) in [5, 5.41) is 10.4. The number of piperidine rings is 1. The van der Waals surface area contributed by atoms with Crippen molar-refractivity contribution in [1.29, 1.82) is 0 Å². The molecule has 1 aliphatic heterocycles. The summed E-state index contributed by atoms with van der Waals surface area (Å²) in [5.74, 6) is -1.20. The third-order valence-corrected chi connectivity index (χ3v) is 6.00. The van der Waals surface area contributed by atoms with Gasteiger partial charge in [0.2, 0.25) is 0 Å². The molecule has 1 aromatic carbocycles. The van der Waals surface area contributed by atoms with Gasteiger partial charge in [-0.25, -0.2) is 4.79 Å². The van der Waals surface area contributed by atoms with Crippen LogP contribution in [0.2, 0.25) is 0 Å². The fourth-order valence-corrected chi connectivity index (χ4v) is 4.33. The minimum Gasteiger partial charge on any atom is -0.477 e. The molecule has 0 atom stereocenters. The lowest BCUT2D eigenvalue weighted by molar-refractivity contribution is 0.0695. The first-order valence-corrected chi connectivity index (χ1v) is 10.3. The monoisotopic (exact) mass is 393 g/mol. The topological polar surface area (TPSA) is 78.3 Å². The molecular weight excluding hydrogens is 366 g/mol. The maximum absolute atomic E-state index is 12.2. The van der Waals surface area contributed by atoms with Gasteiger partial charge in [0.05, 0.1) is 5.69 Å². The Hall–Kier alpha value is -2.86. The summed E-state index contributed by atoms with van der Waals surface area (Å²) in [7, 11) is 2.10. The molecule has 3 aromatic rings. The highest BCUT2D eigenvalue weighted by atomic mass is 16.4. The molecule has 1 fully saturated rings. The zero-order valence-corrected chi connectivity index (χ0v) is 17.0. The zero-order chi connectivity index (χ0) is 20.5. The Bertz CT molecular complexity index is 1120. The Morgan fingerprint density at radius 3 is 2.59 bits per heavy atom. The normalized spacial score (nSPS) is 15.1. The lowest BCUT2D eigenvalue weighted by Crippen LogP contribution is -2.29. The van der Waals surface area contributed by atoms with E-state index in [0.717, 1.165) is 41.7 Å². The van der Waals surface area contributed by atoms with E-state index in [4.69, 9.17) is 0 Å². The minimum atomic E-state index is -1.20. The Morgan fingerprint density at radius 1 is 1.14 bits per heavy atom. The molecule has 0 aliphatic carbocycles. The maximum Gasteiger partial charge on any atom is 0.341 e. The number of likely N-dealkylation sites (tertiary alicyclic amines) is 1. The molecule has 0 spiro atoms. The second-order valence-corrected chi connectivity index (χ2v) is 7.88. The van der Waals surface area contributed by atoms with E-state index < -0.39 is 11.5 Å². The summed E-state index contributed by atoms with van der Waals surface area (Å²) in [6.45, 7) is 5.22. The van der Waals surface area contributed by atoms with Crippen LogP contribution in [0.5, 0.6) is 0 Å². The van der Waals surface area contributed by atoms with E-state index in [9.17, 15) is 14.7 Å². The molecule has 0 amide bonds. The van der Waals surface area contributed by atoms with Crippen molar-refractivity contribution in [2.24, 2.45) is 7.05 Å². The summed E-state index contributed by atoms with van der Waals surface area (Å²) in [6.07, 6.45) is 4.51. The molecule has 2 N–H and O–H groups in total. The lowest BCUT2D eigenvalue weighted by Gasteiger charge is -2.26.